The van der Waals surface area contributed by atoms with E-state index in [1.807, 2.05) is 12.1 Å². The van der Waals surface area contributed by atoms with E-state index >= 15 is 0 Å². The Morgan fingerprint density at radius 3 is 2.27 bits per heavy atom. The maximum Gasteiger partial charge on any atom is 0.0778 e. The van der Waals surface area contributed by atoms with Gasteiger partial charge in [0.15, 0.2) is 0 Å². The highest BCUT2D eigenvalue weighted by Crippen LogP contribution is 2.34. The summed E-state index contributed by atoms with van der Waals surface area (Å²) >= 11 is 17.9. The van der Waals surface area contributed by atoms with Gasteiger partial charge in [-0.25, -0.2) is 0 Å². The van der Waals surface area contributed by atoms with Gasteiger partial charge in [0, 0.05) is 6.54 Å². The fourth-order valence-electron chi connectivity index (χ4n) is 1.63. The van der Waals surface area contributed by atoms with Gasteiger partial charge in [-0.15, -0.1) is 0 Å². The van der Waals surface area contributed by atoms with E-state index in [9.17, 15) is 0 Å². The van der Waals surface area contributed by atoms with Crippen molar-refractivity contribution in [3.63, 3.8) is 0 Å². The molecule has 0 spiro atoms. The highest BCUT2D eigenvalue weighted by atomic mass is 35.5. The Bertz CT molecular complexity index is 389. The molecule has 1 nitrogen and oxygen atoms in total. The van der Waals surface area contributed by atoms with Gasteiger partial charge >= 0.3 is 0 Å². The smallest absolute Gasteiger partial charge is 0.0778 e. The molecule has 0 radical (unpaired) electrons. The Kier molecular flexibility index (Phi) is 3.57. The van der Waals surface area contributed by atoms with Crippen LogP contribution in [-0.4, -0.2) is 13.1 Å². The van der Waals surface area contributed by atoms with Crippen LogP contribution in [0.1, 0.15) is 12.0 Å². The number of nitrogens with one attached hydrogen (secondary N) is 1. The molecule has 0 saturated heterocycles. The van der Waals surface area contributed by atoms with Crippen LogP contribution < -0.4 is 5.32 Å². The van der Waals surface area contributed by atoms with Gasteiger partial charge in [0.05, 0.1) is 15.1 Å². The normalized spacial score (nSPS) is 16.3. The molecule has 0 unspecified atom stereocenters. The van der Waals surface area contributed by atoms with Crippen LogP contribution >= 0.6 is 34.8 Å². The van der Waals surface area contributed by atoms with Crippen molar-refractivity contribution >= 4 is 40.4 Å². The topological polar surface area (TPSA) is 12.0 Å². The van der Waals surface area contributed by atoms with Crippen molar-refractivity contribution < 1.29 is 0 Å². The van der Waals surface area contributed by atoms with Gasteiger partial charge in [0.1, 0.15) is 0 Å². The molecule has 4 heteroatoms. The number of rotatable bonds is 1. The molecule has 0 atom stereocenters. The van der Waals surface area contributed by atoms with E-state index in [1.165, 1.54) is 5.57 Å². The van der Waals surface area contributed by atoms with Crippen LogP contribution in [0.4, 0.5) is 0 Å². The molecule has 1 N–H and O–H groups in total. The molecule has 15 heavy (non-hydrogen) atoms. The van der Waals surface area contributed by atoms with E-state index in [0.29, 0.717) is 15.1 Å². The molecule has 0 fully saturated rings. The van der Waals surface area contributed by atoms with Crippen molar-refractivity contribution in [2.75, 3.05) is 13.1 Å². The first kappa shape index (κ1) is 11.3. The van der Waals surface area contributed by atoms with Gasteiger partial charge in [-0.2, -0.15) is 0 Å². The zero-order valence-corrected chi connectivity index (χ0v) is 10.3. The minimum Gasteiger partial charge on any atom is -0.313 e. The molecule has 1 aliphatic rings. The summed E-state index contributed by atoms with van der Waals surface area (Å²) in [4.78, 5) is 0. The molecule has 1 heterocycles. The zero-order chi connectivity index (χ0) is 10.8. The van der Waals surface area contributed by atoms with E-state index in [4.69, 9.17) is 34.8 Å². The summed E-state index contributed by atoms with van der Waals surface area (Å²) in [5, 5.41) is 4.71. The van der Waals surface area contributed by atoms with Crippen LogP contribution in [0.5, 0.6) is 0 Å². The van der Waals surface area contributed by atoms with Crippen molar-refractivity contribution in [1.82, 2.24) is 5.32 Å². The standard InChI is InChI=1S/C11H10Cl3N/c12-9-5-8(6-10(13)11(9)14)7-1-3-15-4-2-7/h1,5-6,15H,2-4H2. The lowest BCUT2D eigenvalue weighted by Gasteiger charge is -2.15. The van der Waals surface area contributed by atoms with E-state index in [1.54, 1.807) is 0 Å². The minimum absolute atomic E-state index is 0.427. The molecule has 1 aromatic rings. The summed E-state index contributed by atoms with van der Waals surface area (Å²) in [6, 6.07) is 3.74. The Balaban J connectivity index is 2.40. The summed E-state index contributed by atoms with van der Waals surface area (Å²) < 4.78 is 0. The molecule has 0 amide bonds. The fraction of sp³-hybridized carbons (Fsp3) is 0.273. The molecule has 2 rings (SSSR count). The van der Waals surface area contributed by atoms with Gasteiger partial charge in [-0.3, -0.25) is 0 Å². The highest BCUT2D eigenvalue weighted by molar-refractivity contribution is 6.48. The number of halogens is 3. The second-order valence-corrected chi connectivity index (χ2v) is 4.63. The van der Waals surface area contributed by atoms with Crippen LogP contribution in [0.3, 0.4) is 0 Å². The third-order valence-corrected chi connectivity index (χ3v) is 3.62. The molecular weight excluding hydrogens is 252 g/mol. The van der Waals surface area contributed by atoms with Crippen LogP contribution in [0, 0.1) is 0 Å². The van der Waals surface area contributed by atoms with Gasteiger partial charge in [0.25, 0.3) is 0 Å². The lowest BCUT2D eigenvalue weighted by atomic mass is 10.0. The van der Waals surface area contributed by atoms with Crippen LogP contribution in [0.15, 0.2) is 18.2 Å². The third kappa shape index (κ3) is 2.48. The largest absolute Gasteiger partial charge is 0.313 e. The first-order valence-corrected chi connectivity index (χ1v) is 5.86. The average Bonchev–Trinajstić information content (AvgIpc) is 2.26. The van der Waals surface area contributed by atoms with Gasteiger partial charge < -0.3 is 5.32 Å². The quantitative estimate of drug-likeness (QED) is 0.754. The number of hydrogen-bond donors (Lipinski definition) is 1. The number of hydrogen-bond acceptors (Lipinski definition) is 1. The first-order valence-electron chi connectivity index (χ1n) is 4.73. The SMILES string of the molecule is Clc1cc(C2=CCNCC2)cc(Cl)c1Cl. The van der Waals surface area contributed by atoms with Crippen LogP contribution in [0.2, 0.25) is 15.1 Å². The minimum atomic E-state index is 0.427. The van der Waals surface area contributed by atoms with Gasteiger partial charge in [-0.05, 0) is 36.2 Å². The van der Waals surface area contributed by atoms with E-state index in [0.717, 1.165) is 25.1 Å². The van der Waals surface area contributed by atoms with E-state index in [-0.39, 0.29) is 0 Å². The molecule has 0 aromatic heterocycles. The van der Waals surface area contributed by atoms with E-state index < -0.39 is 0 Å². The summed E-state index contributed by atoms with van der Waals surface area (Å²) in [5.74, 6) is 0. The molecule has 80 valence electrons. The molecule has 1 aromatic carbocycles. The fourth-order valence-corrected chi connectivity index (χ4v) is 2.22. The maximum atomic E-state index is 5.98. The van der Waals surface area contributed by atoms with Crippen LogP contribution in [0.25, 0.3) is 5.57 Å². The second kappa shape index (κ2) is 4.75. The summed E-state index contributed by atoms with van der Waals surface area (Å²) in [6.45, 7) is 1.89. The monoisotopic (exact) mass is 261 g/mol. The van der Waals surface area contributed by atoms with E-state index in [2.05, 4.69) is 11.4 Å². The molecule has 0 aliphatic carbocycles. The van der Waals surface area contributed by atoms with Crippen molar-refractivity contribution in [1.29, 1.82) is 0 Å². The van der Waals surface area contributed by atoms with Gasteiger partial charge in [0.2, 0.25) is 0 Å². The van der Waals surface area contributed by atoms with Crippen molar-refractivity contribution in [2.45, 2.75) is 6.42 Å². The molecule has 0 bridgehead atoms. The lowest BCUT2D eigenvalue weighted by Crippen LogP contribution is -2.20. The Morgan fingerprint density at radius 2 is 1.73 bits per heavy atom. The van der Waals surface area contributed by atoms with Crippen molar-refractivity contribution in [3.8, 4) is 0 Å². The van der Waals surface area contributed by atoms with Gasteiger partial charge in [-0.1, -0.05) is 40.9 Å². The lowest BCUT2D eigenvalue weighted by molar-refractivity contribution is 0.738. The predicted molar refractivity (Wildman–Crippen MR) is 66.9 cm³/mol. The molecule has 1 aliphatic heterocycles. The Morgan fingerprint density at radius 1 is 1.07 bits per heavy atom. The zero-order valence-electron chi connectivity index (χ0n) is 7.99. The summed E-state index contributed by atoms with van der Waals surface area (Å²) in [7, 11) is 0. The first-order chi connectivity index (χ1) is 7.18. The second-order valence-electron chi connectivity index (χ2n) is 3.44. The predicted octanol–water partition coefficient (Wildman–Crippen LogP) is 4.02. The third-order valence-electron chi connectivity index (χ3n) is 2.42. The average molecular weight is 263 g/mol. The Labute approximate surface area is 104 Å². The highest BCUT2D eigenvalue weighted by Gasteiger charge is 2.10. The van der Waals surface area contributed by atoms with Crippen LogP contribution in [-0.2, 0) is 0 Å². The number of benzene rings is 1. The molecule has 0 saturated carbocycles. The maximum absolute atomic E-state index is 5.98. The summed E-state index contributed by atoms with van der Waals surface area (Å²) in [5.41, 5.74) is 2.34. The molecular formula is C11H10Cl3N. The van der Waals surface area contributed by atoms with Crippen molar-refractivity contribution in [3.05, 3.63) is 38.8 Å². The summed E-state index contributed by atoms with van der Waals surface area (Å²) in [6.07, 6.45) is 3.15. The Hall–Kier alpha value is -0.210. The van der Waals surface area contributed by atoms with Crippen molar-refractivity contribution in [2.24, 2.45) is 0 Å².